The zero-order valence-corrected chi connectivity index (χ0v) is 12.9. The van der Waals surface area contributed by atoms with Gasteiger partial charge in [0, 0.05) is 16.9 Å². The summed E-state index contributed by atoms with van der Waals surface area (Å²) < 4.78 is 0. The minimum absolute atomic E-state index is 0.102. The molecule has 1 amide bonds. The quantitative estimate of drug-likeness (QED) is 0.808. The van der Waals surface area contributed by atoms with Crippen molar-refractivity contribution in [1.29, 1.82) is 0 Å². The van der Waals surface area contributed by atoms with E-state index in [0.717, 1.165) is 0 Å². The van der Waals surface area contributed by atoms with E-state index in [-0.39, 0.29) is 5.91 Å². The Balaban J connectivity index is 2.17. The van der Waals surface area contributed by atoms with E-state index in [2.05, 4.69) is 0 Å². The molecule has 0 radical (unpaired) electrons. The Morgan fingerprint density at radius 1 is 1.32 bits per heavy atom. The zero-order valence-electron chi connectivity index (χ0n) is 10.6. The van der Waals surface area contributed by atoms with E-state index in [0.29, 0.717) is 22.2 Å². The van der Waals surface area contributed by atoms with E-state index < -0.39 is 0 Å². The average molecular weight is 314 g/mol. The number of carbonyl (C=O) groups excluding carboxylic acids is 1. The SMILES string of the molecule is Cc1ccsc1CN(C)C(=O)c1ccc(Cl)cc1Cl. The van der Waals surface area contributed by atoms with E-state index >= 15 is 0 Å². The molecule has 0 aliphatic carbocycles. The lowest BCUT2D eigenvalue weighted by Gasteiger charge is -2.17. The number of aryl methyl sites for hydroxylation is 1. The first kappa shape index (κ1) is 14.4. The highest BCUT2D eigenvalue weighted by atomic mass is 35.5. The maximum absolute atomic E-state index is 12.3. The summed E-state index contributed by atoms with van der Waals surface area (Å²) in [6.45, 7) is 2.63. The van der Waals surface area contributed by atoms with Crippen molar-refractivity contribution in [3.8, 4) is 0 Å². The van der Waals surface area contributed by atoms with Crippen LogP contribution in [0.4, 0.5) is 0 Å². The number of amides is 1. The summed E-state index contributed by atoms with van der Waals surface area (Å²) in [5.74, 6) is -0.102. The first-order chi connectivity index (χ1) is 8.99. The smallest absolute Gasteiger partial charge is 0.255 e. The van der Waals surface area contributed by atoms with E-state index in [1.165, 1.54) is 10.4 Å². The molecule has 2 aromatic rings. The maximum atomic E-state index is 12.3. The first-order valence-electron chi connectivity index (χ1n) is 5.72. The lowest BCUT2D eigenvalue weighted by Crippen LogP contribution is -2.26. The molecule has 0 fully saturated rings. The van der Waals surface area contributed by atoms with Crippen LogP contribution in [0.1, 0.15) is 20.8 Å². The molecular formula is C14H13Cl2NOS. The molecule has 19 heavy (non-hydrogen) atoms. The second-order valence-electron chi connectivity index (χ2n) is 4.31. The number of rotatable bonds is 3. The average Bonchev–Trinajstić information content (AvgIpc) is 2.74. The molecule has 0 saturated carbocycles. The monoisotopic (exact) mass is 313 g/mol. The van der Waals surface area contributed by atoms with Crippen molar-refractivity contribution in [3.63, 3.8) is 0 Å². The van der Waals surface area contributed by atoms with Crippen molar-refractivity contribution in [2.24, 2.45) is 0 Å². The molecule has 0 bridgehead atoms. The van der Waals surface area contributed by atoms with Crippen molar-refractivity contribution in [1.82, 2.24) is 4.90 Å². The van der Waals surface area contributed by atoms with Crippen LogP contribution in [-0.4, -0.2) is 17.9 Å². The summed E-state index contributed by atoms with van der Waals surface area (Å²) in [6, 6.07) is 6.96. The molecule has 0 atom stereocenters. The number of halogens is 2. The van der Waals surface area contributed by atoms with Crippen LogP contribution in [0, 0.1) is 6.92 Å². The molecule has 0 aliphatic heterocycles. The fraction of sp³-hybridized carbons (Fsp3) is 0.214. The number of thiophene rings is 1. The van der Waals surface area contributed by atoms with Crippen molar-refractivity contribution >= 4 is 40.4 Å². The Labute approximate surface area is 126 Å². The molecule has 0 N–H and O–H groups in total. The molecule has 5 heteroatoms. The Hall–Kier alpha value is -1.03. The lowest BCUT2D eigenvalue weighted by atomic mass is 10.2. The molecule has 100 valence electrons. The predicted molar refractivity (Wildman–Crippen MR) is 81.3 cm³/mol. The van der Waals surface area contributed by atoms with Gasteiger partial charge in [-0.05, 0) is 42.1 Å². The number of hydrogen-bond donors (Lipinski definition) is 0. The van der Waals surface area contributed by atoms with Gasteiger partial charge < -0.3 is 4.90 Å². The highest BCUT2D eigenvalue weighted by molar-refractivity contribution is 7.10. The van der Waals surface area contributed by atoms with Crippen molar-refractivity contribution in [2.45, 2.75) is 13.5 Å². The third-order valence-electron chi connectivity index (χ3n) is 2.86. The Morgan fingerprint density at radius 2 is 2.05 bits per heavy atom. The largest absolute Gasteiger partial charge is 0.337 e. The first-order valence-corrected chi connectivity index (χ1v) is 7.36. The van der Waals surface area contributed by atoms with Gasteiger partial charge in [0.05, 0.1) is 17.1 Å². The fourth-order valence-corrected chi connectivity index (χ4v) is 3.17. The second kappa shape index (κ2) is 5.95. The van der Waals surface area contributed by atoms with Crippen LogP contribution in [0.5, 0.6) is 0 Å². The van der Waals surface area contributed by atoms with Crippen LogP contribution in [0.3, 0.4) is 0 Å². The zero-order chi connectivity index (χ0) is 14.0. The van der Waals surface area contributed by atoms with E-state index in [1.54, 1.807) is 41.5 Å². The molecule has 0 spiro atoms. The van der Waals surface area contributed by atoms with Crippen LogP contribution < -0.4 is 0 Å². The van der Waals surface area contributed by atoms with Gasteiger partial charge in [0.15, 0.2) is 0 Å². The Kier molecular flexibility index (Phi) is 4.50. The summed E-state index contributed by atoms with van der Waals surface area (Å²) in [4.78, 5) is 15.2. The van der Waals surface area contributed by atoms with Gasteiger partial charge in [0.1, 0.15) is 0 Å². The second-order valence-corrected chi connectivity index (χ2v) is 6.16. The maximum Gasteiger partial charge on any atom is 0.255 e. The Bertz CT molecular complexity index is 609. The molecular weight excluding hydrogens is 301 g/mol. The topological polar surface area (TPSA) is 20.3 Å². The van der Waals surface area contributed by atoms with Crippen LogP contribution in [-0.2, 0) is 6.54 Å². The van der Waals surface area contributed by atoms with Gasteiger partial charge in [-0.15, -0.1) is 11.3 Å². The Morgan fingerprint density at radius 3 is 2.63 bits per heavy atom. The lowest BCUT2D eigenvalue weighted by molar-refractivity contribution is 0.0786. The third-order valence-corrected chi connectivity index (χ3v) is 4.41. The standard InChI is InChI=1S/C14H13Cl2NOS/c1-9-5-6-19-13(9)8-17(2)14(18)11-4-3-10(15)7-12(11)16/h3-7H,8H2,1-2H3. The van der Waals surface area contributed by atoms with Gasteiger partial charge in [-0.3, -0.25) is 4.79 Å². The van der Waals surface area contributed by atoms with Gasteiger partial charge in [-0.1, -0.05) is 23.2 Å². The number of nitrogens with zero attached hydrogens (tertiary/aromatic N) is 1. The molecule has 2 rings (SSSR count). The summed E-state index contributed by atoms with van der Waals surface area (Å²) in [5.41, 5.74) is 1.68. The normalized spacial score (nSPS) is 10.5. The summed E-state index contributed by atoms with van der Waals surface area (Å²) in [7, 11) is 1.77. The van der Waals surface area contributed by atoms with Crippen LogP contribution in [0.15, 0.2) is 29.6 Å². The van der Waals surface area contributed by atoms with Crippen LogP contribution in [0.2, 0.25) is 10.0 Å². The number of benzene rings is 1. The molecule has 0 unspecified atom stereocenters. The van der Waals surface area contributed by atoms with Crippen molar-refractivity contribution < 1.29 is 4.79 Å². The van der Waals surface area contributed by atoms with Crippen molar-refractivity contribution in [2.75, 3.05) is 7.05 Å². The molecule has 2 nitrogen and oxygen atoms in total. The fourth-order valence-electron chi connectivity index (χ4n) is 1.72. The minimum Gasteiger partial charge on any atom is -0.337 e. The predicted octanol–water partition coefficient (Wildman–Crippen LogP) is 4.64. The molecule has 1 heterocycles. The summed E-state index contributed by atoms with van der Waals surface area (Å²) in [5, 5.41) is 2.93. The van der Waals surface area contributed by atoms with Gasteiger partial charge in [-0.2, -0.15) is 0 Å². The van der Waals surface area contributed by atoms with Gasteiger partial charge in [0.25, 0.3) is 5.91 Å². The van der Waals surface area contributed by atoms with Crippen LogP contribution >= 0.6 is 34.5 Å². The van der Waals surface area contributed by atoms with E-state index in [9.17, 15) is 4.79 Å². The van der Waals surface area contributed by atoms with Gasteiger partial charge >= 0.3 is 0 Å². The molecule has 0 aliphatic rings. The minimum atomic E-state index is -0.102. The van der Waals surface area contributed by atoms with Gasteiger partial charge in [0.2, 0.25) is 0 Å². The highest BCUT2D eigenvalue weighted by Crippen LogP contribution is 2.23. The summed E-state index contributed by atoms with van der Waals surface area (Å²) >= 11 is 13.5. The number of carbonyl (C=O) groups is 1. The molecule has 1 aromatic heterocycles. The third kappa shape index (κ3) is 3.30. The molecule has 1 aromatic carbocycles. The highest BCUT2D eigenvalue weighted by Gasteiger charge is 2.16. The van der Waals surface area contributed by atoms with E-state index in [4.69, 9.17) is 23.2 Å². The van der Waals surface area contributed by atoms with Crippen molar-refractivity contribution in [3.05, 3.63) is 55.7 Å². The van der Waals surface area contributed by atoms with Gasteiger partial charge in [-0.25, -0.2) is 0 Å². The van der Waals surface area contributed by atoms with Crippen LogP contribution in [0.25, 0.3) is 0 Å². The van der Waals surface area contributed by atoms with E-state index in [1.807, 2.05) is 18.4 Å². The number of hydrogen-bond acceptors (Lipinski definition) is 2. The summed E-state index contributed by atoms with van der Waals surface area (Å²) in [6.07, 6.45) is 0. The molecule has 0 saturated heterocycles.